The standard InChI is InChI=1S/C16H14ClF3N2O3S/c1-26(24,25)22(14-4-2-3-11(9-14)16(18,19)20)10-15(23)21-13-7-5-12(17)6-8-13/h2-9H,10H2,1H3,(H,21,23). The fourth-order valence-corrected chi connectivity index (χ4v) is 3.08. The van der Waals surface area contributed by atoms with E-state index in [4.69, 9.17) is 11.6 Å². The maximum atomic E-state index is 12.9. The Hall–Kier alpha value is -2.26. The van der Waals surface area contributed by atoms with Gasteiger partial charge in [0.1, 0.15) is 6.54 Å². The van der Waals surface area contributed by atoms with Crippen molar-refractivity contribution in [3.05, 3.63) is 59.1 Å². The molecule has 0 aliphatic rings. The maximum Gasteiger partial charge on any atom is 0.416 e. The van der Waals surface area contributed by atoms with Crippen molar-refractivity contribution in [2.75, 3.05) is 22.4 Å². The average molecular weight is 407 g/mol. The van der Waals surface area contributed by atoms with Crippen LogP contribution in [0.2, 0.25) is 5.02 Å². The first-order valence-electron chi connectivity index (χ1n) is 7.17. The zero-order chi connectivity index (χ0) is 19.5. The molecule has 0 bridgehead atoms. The maximum absolute atomic E-state index is 12.9. The van der Waals surface area contributed by atoms with Gasteiger partial charge in [0.05, 0.1) is 17.5 Å². The molecule has 0 atom stereocenters. The highest BCUT2D eigenvalue weighted by Crippen LogP contribution is 2.32. The number of halogens is 4. The number of nitrogens with one attached hydrogen (secondary N) is 1. The van der Waals surface area contributed by atoms with E-state index in [9.17, 15) is 26.4 Å². The molecule has 140 valence electrons. The van der Waals surface area contributed by atoms with Gasteiger partial charge in [-0.2, -0.15) is 13.2 Å². The van der Waals surface area contributed by atoms with E-state index >= 15 is 0 Å². The summed E-state index contributed by atoms with van der Waals surface area (Å²) < 4.78 is 63.1. The Labute approximate surface area is 153 Å². The molecule has 0 saturated carbocycles. The van der Waals surface area contributed by atoms with Gasteiger partial charge in [0.25, 0.3) is 0 Å². The first-order valence-corrected chi connectivity index (χ1v) is 9.40. The molecule has 10 heteroatoms. The first kappa shape index (κ1) is 20.1. The van der Waals surface area contributed by atoms with Crippen LogP contribution in [0, 0.1) is 0 Å². The van der Waals surface area contributed by atoms with Crippen LogP contribution < -0.4 is 9.62 Å². The molecule has 0 aliphatic carbocycles. The quantitative estimate of drug-likeness (QED) is 0.822. The van der Waals surface area contributed by atoms with Crippen LogP contribution in [0.1, 0.15) is 5.56 Å². The number of amides is 1. The zero-order valence-electron chi connectivity index (χ0n) is 13.4. The van der Waals surface area contributed by atoms with Gasteiger partial charge in [0.15, 0.2) is 0 Å². The lowest BCUT2D eigenvalue weighted by Gasteiger charge is -2.22. The minimum atomic E-state index is -4.63. The Kier molecular flexibility index (Phi) is 5.82. The number of hydrogen-bond acceptors (Lipinski definition) is 3. The molecule has 2 rings (SSSR count). The molecule has 2 aromatic rings. The zero-order valence-corrected chi connectivity index (χ0v) is 15.0. The lowest BCUT2D eigenvalue weighted by Crippen LogP contribution is -2.37. The molecule has 26 heavy (non-hydrogen) atoms. The highest BCUT2D eigenvalue weighted by Gasteiger charge is 2.32. The van der Waals surface area contributed by atoms with Gasteiger partial charge in [-0.25, -0.2) is 8.42 Å². The summed E-state index contributed by atoms with van der Waals surface area (Å²) in [6, 6.07) is 9.83. The lowest BCUT2D eigenvalue weighted by atomic mass is 10.2. The number of sulfonamides is 1. The van der Waals surface area contributed by atoms with Gasteiger partial charge >= 0.3 is 6.18 Å². The Bertz CT molecular complexity index is 900. The Morgan fingerprint density at radius 3 is 2.31 bits per heavy atom. The third-order valence-corrected chi connectivity index (χ3v) is 4.67. The molecule has 0 unspecified atom stereocenters. The molecule has 0 spiro atoms. The van der Waals surface area contributed by atoms with Gasteiger partial charge in [-0.3, -0.25) is 9.10 Å². The van der Waals surface area contributed by atoms with Crippen LogP contribution in [-0.2, 0) is 21.0 Å². The predicted molar refractivity (Wildman–Crippen MR) is 93.7 cm³/mol. The van der Waals surface area contributed by atoms with E-state index < -0.39 is 34.2 Å². The normalized spacial score (nSPS) is 11.9. The van der Waals surface area contributed by atoms with Crippen molar-refractivity contribution >= 4 is 38.9 Å². The van der Waals surface area contributed by atoms with Crippen molar-refractivity contribution in [1.82, 2.24) is 0 Å². The van der Waals surface area contributed by atoms with E-state index in [-0.39, 0.29) is 5.69 Å². The SMILES string of the molecule is CS(=O)(=O)N(CC(=O)Nc1ccc(Cl)cc1)c1cccc(C(F)(F)F)c1. The molecule has 1 N–H and O–H groups in total. The predicted octanol–water partition coefficient (Wildman–Crippen LogP) is 3.76. The molecule has 0 aromatic heterocycles. The molecule has 0 heterocycles. The van der Waals surface area contributed by atoms with E-state index in [1.807, 2.05) is 0 Å². The number of hydrogen-bond donors (Lipinski definition) is 1. The number of anilines is 2. The van der Waals surface area contributed by atoms with Gasteiger partial charge < -0.3 is 5.32 Å². The molecular formula is C16H14ClF3N2O3S. The van der Waals surface area contributed by atoms with E-state index in [2.05, 4.69) is 5.32 Å². The summed E-state index contributed by atoms with van der Waals surface area (Å²) in [5.74, 6) is -0.713. The topological polar surface area (TPSA) is 66.5 Å². The van der Waals surface area contributed by atoms with Crippen LogP contribution in [0.5, 0.6) is 0 Å². The summed E-state index contributed by atoms with van der Waals surface area (Å²) in [5.41, 5.74) is -0.896. The number of nitrogens with zero attached hydrogens (tertiary/aromatic N) is 1. The summed E-state index contributed by atoms with van der Waals surface area (Å²) >= 11 is 5.73. The fraction of sp³-hybridized carbons (Fsp3) is 0.188. The van der Waals surface area contributed by atoms with Crippen molar-refractivity contribution in [2.24, 2.45) is 0 Å². The third kappa shape index (κ3) is 5.37. The highest BCUT2D eigenvalue weighted by atomic mass is 35.5. The van der Waals surface area contributed by atoms with Gasteiger partial charge in [-0.1, -0.05) is 17.7 Å². The number of alkyl halides is 3. The minimum Gasteiger partial charge on any atom is -0.325 e. The Morgan fingerprint density at radius 1 is 1.15 bits per heavy atom. The third-order valence-electron chi connectivity index (χ3n) is 3.28. The summed E-state index contributed by atoms with van der Waals surface area (Å²) in [4.78, 5) is 12.1. The molecular weight excluding hydrogens is 393 g/mol. The van der Waals surface area contributed by atoms with Crippen LogP contribution in [-0.4, -0.2) is 27.1 Å². The Balaban J connectivity index is 2.26. The summed E-state index contributed by atoms with van der Waals surface area (Å²) in [5, 5.41) is 2.91. The second kappa shape index (κ2) is 7.55. The second-order valence-electron chi connectivity index (χ2n) is 5.37. The number of rotatable bonds is 5. The minimum absolute atomic E-state index is 0.256. The van der Waals surface area contributed by atoms with E-state index in [1.165, 1.54) is 30.3 Å². The number of benzene rings is 2. The van der Waals surface area contributed by atoms with Crippen molar-refractivity contribution < 1.29 is 26.4 Å². The van der Waals surface area contributed by atoms with E-state index in [1.54, 1.807) is 0 Å². The molecule has 0 aliphatic heterocycles. The van der Waals surface area contributed by atoms with Gasteiger partial charge in [0, 0.05) is 10.7 Å². The van der Waals surface area contributed by atoms with E-state index in [0.717, 1.165) is 18.4 Å². The molecule has 0 radical (unpaired) electrons. The van der Waals surface area contributed by atoms with Crippen LogP contribution in [0.3, 0.4) is 0 Å². The summed E-state index contributed by atoms with van der Waals surface area (Å²) in [6.07, 6.45) is -3.83. The molecule has 0 saturated heterocycles. The van der Waals surface area contributed by atoms with E-state index in [0.29, 0.717) is 21.1 Å². The van der Waals surface area contributed by atoms with Gasteiger partial charge in [-0.15, -0.1) is 0 Å². The largest absolute Gasteiger partial charge is 0.416 e. The first-order chi connectivity index (χ1) is 12.0. The molecule has 5 nitrogen and oxygen atoms in total. The van der Waals surface area contributed by atoms with Gasteiger partial charge in [-0.05, 0) is 42.5 Å². The van der Waals surface area contributed by atoms with Crippen molar-refractivity contribution in [3.8, 4) is 0 Å². The summed E-state index contributed by atoms with van der Waals surface area (Å²) in [6.45, 7) is -0.678. The molecule has 2 aromatic carbocycles. The smallest absolute Gasteiger partial charge is 0.325 e. The van der Waals surface area contributed by atoms with Crippen molar-refractivity contribution in [3.63, 3.8) is 0 Å². The molecule has 1 amide bonds. The fourth-order valence-electron chi connectivity index (χ4n) is 2.10. The van der Waals surface area contributed by atoms with Crippen molar-refractivity contribution in [1.29, 1.82) is 0 Å². The van der Waals surface area contributed by atoms with Crippen LogP contribution in [0.15, 0.2) is 48.5 Å². The lowest BCUT2D eigenvalue weighted by molar-refractivity contribution is -0.137. The molecule has 0 fully saturated rings. The van der Waals surface area contributed by atoms with Crippen LogP contribution in [0.4, 0.5) is 24.5 Å². The number of carbonyl (C=O) groups is 1. The highest BCUT2D eigenvalue weighted by molar-refractivity contribution is 7.92. The average Bonchev–Trinajstić information content (AvgIpc) is 2.53. The van der Waals surface area contributed by atoms with Crippen molar-refractivity contribution in [2.45, 2.75) is 6.18 Å². The Morgan fingerprint density at radius 2 is 1.77 bits per heavy atom. The second-order valence-corrected chi connectivity index (χ2v) is 7.72. The van der Waals surface area contributed by atoms with Gasteiger partial charge in [0.2, 0.25) is 15.9 Å². The monoisotopic (exact) mass is 406 g/mol. The number of carbonyl (C=O) groups excluding carboxylic acids is 1. The van der Waals surface area contributed by atoms with Crippen LogP contribution >= 0.6 is 11.6 Å². The van der Waals surface area contributed by atoms with Crippen LogP contribution in [0.25, 0.3) is 0 Å². The summed E-state index contributed by atoms with van der Waals surface area (Å²) in [7, 11) is -3.99.